The van der Waals surface area contributed by atoms with Crippen molar-refractivity contribution in [2.45, 2.75) is 242 Å². The van der Waals surface area contributed by atoms with E-state index in [2.05, 4.69) is 0 Å². The third-order valence-electron chi connectivity index (χ3n) is 16.6. The van der Waals surface area contributed by atoms with E-state index in [0.717, 1.165) is 0 Å². The number of allylic oxidation sites excluding steroid dienone is 1. The molecule has 0 aromatic carbocycles. The number of carbonyl (C=O) groups excluding carboxylic acids is 1. The summed E-state index contributed by atoms with van der Waals surface area (Å²) in [5.74, 6) is -2.29. The van der Waals surface area contributed by atoms with Gasteiger partial charge in [-0.1, -0.05) is 6.08 Å². The van der Waals surface area contributed by atoms with Gasteiger partial charge in [0.15, 0.2) is 37.4 Å². The van der Waals surface area contributed by atoms with Crippen molar-refractivity contribution in [3.05, 3.63) is 12.2 Å². The third kappa shape index (κ3) is 13.4. The van der Waals surface area contributed by atoms with Gasteiger partial charge >= 0.3 is 5.97 Å². The van der Waals surface area contributed by atoms with Crippen LogP contribution in [0, 0.1) is 17.8 Å². The molecule has 5 aliphatic heterocycles. The highest BCUT2D eigenvalue weighted by atomic mass is 16.7. The molecule has 8 aliphatic rings. The Labute approximate surface area is 436 Å². The van der Waals surface area contributed by atoms with E-state index in [-0.39, 0.29) is 38.0 Å². The Balaban J connectivity index is 0.989. The number of aliphatic hydroxyl groups is 19. The molecule has 0 aromatic heterocycles. The average molecular weight is 1100 g/mol. The fourth-order valence-electron chi connectivity index (χ4n) is 11.9. The van der Waals surface area contributed by atoms with Gasteiger partial charge < -0.3 is 134 Å². The zero-order valence-electron chi connectivity index (χ0n) is 41.7. The molecule has 8 rings (SSSR count). The lowest BCUT2D eigenvalue weighted by Gasteiger charge is -2.50. The summed E-state index contributed by atoms with van der Waals surface area (Å²) in [4.78, 5) is 12.7. The molecule has 5 heterocycles. The molecule has 30 atom stereocenters. The second-order valence-corrected chi connectivity index (χ2v) is 21.8. The first kappa shape index (κ1) is 60.3. The summed E-state index contributed by atoms with van der Waals surface area (Å²) < 4.78 is 57.5. The van der Waals surface area contributed by atoms with Gasteiger partial charge in [-0.05, 0) is 57.8 Å². The van der Waals surface area contributed by atoms with Gasteiger partial charge in [-0.15, -0.1) is 0 Å². The van der Waals surface area contributed by atoms with Crippen LogP contribution in [0.5, 0.6) is 0 Å². The number of carbonyl (C=O) groups is 1. The van der Waals surface area contributed by atoms with Crippen LogP contribution in [0.4, 0.5) is 0 Å². The number of rotatable bonds is 15. The molecule has 0 spiro atoms. The van der Waals surface area contributed by atoms with Gasteiger partial charge in [-0.25, -0.2) is 4.79 Å². The van der Waals surface area contributed by atoms with Crippen LogP contribution in [-0.4, -0.2) is 295 Å². The van der Waals surface area contributed by atoms with Crippen LogP contribution < -0.4 is 0 Å². The number of hydrogen-bond acceptors (Lipinski definition) is 27. The third-order valence-corrected chi connectivity index (χ3v) is 16.6. The van der Waals surface area contributed by atoms with Crippen molar-refractivity contribution in [1.29, 1.82) is 0 Å². The molecular weight excluding hydrogens is 1020 g/mol. The summed E-state index contributed by atoms with van der Waals surface area (Å²) in [5, 5.41) is 183. The van der Waals surface area contributed by atoms with Crippen LogP contribution in [-0.2, 0) is 47.4 Å². The van der Waals surface area contributed by atoms with Crippen LogP contribution >= 0.6 is 0 Å². The minimum absolute atomic E-state index is 0.0437. The lowest BCUT2D eigenvalue weighted by molar-refractivity contribution is -0.369. The van der Waals surface area contributed by atoms with Crippen LogP contribution in [0.15, 0.2) is 12.2 Å². The van der Waals surface area contributed by atoms with Gasteiger partial charge in [0.05, 0.1) is 55.8 Å². The van der Waals surface area contributed by atoms with Crippen molar-refractivity contribution in [2.24, 2.45) is 17.8 Å². The van der Waals surface area contributed by atoms with Crippen molar-refractivity contribution in [3.63, 3.8) is 0 Å². The van der Waals surface area contributed by atoms with Crippen LogP contribution in [0.2, 0.25) is 0 Å². The lowest BCUT2D eigenvalue weighted by Crippen LogP contribution is -2.64. The summed E-state index contributed by atoms with van der Waals surface area (Å²) in [5.41, 5.74) is 0. The van der Waals surface area contributed by atoms with E-state index >= 15 is 0 Å². The van der Waals surface area contributed by atoms with E-state index in [1.54, 1.807) is 6.08 Å². The van der Waals surface area contributed by atoms with Gasteiger partial charge in [0.25, 0.3) is 0 Å². The summed E-state index contributed by atoms with van der Waals surface area (Å²) >= 11 is 0. The monoisotopic (exact) mass is 1100 g/mol. The highest BCUT2D eigenvalue weighted by molar-refractivity contribution is 5.81. The second kappa shape index (κ2) is 26.0. The molecule has 10 unspecified atom stereocenters. The fraction of sp³-hybridized carbons (Fsp3) is 0.938. The van der Waals surface area contributed by atoms with E-state index < -0.39 is 215 Å². The topological polar surface area (TPSA) is 457 Å². The molecule has 76 heavy (non-hydrogen) atoms. The molecule has 28 nitrogen and oxygen atoms in total. The maximum atomic E-state index is 12.7. The molecule has 0 amide bonds. The standard InChI is InChI=1S/C48H78O28/c1-16-31(54)36(59)40(63)45(69-16)68-15-29-35(58)39(62)43(66)48(76-29)73-26-12-21-22(51)10-20(70-46-41(64)37(60)33(56)27(13-49)74-46)11-24(21)71-44(26)18-8-23(52)32(55)25(9-18)72-47-42(65)38(61)34(57)28(75-47)14-67-30(53)7-4-17-2-5-19(50)6-3-17/h4,7,16-29,31-52,54-66H,2-3,5-6,8-15H2,1H3/p+1/t16-,17?,18?,19?,20?,21?,22?,23?,24?,25?,26?,27+,28+,29+,31-,32?,33+,34+,35+,36+,37-,38-,39-,40+,41+,42+,43+,44?,45+,46+,47+,48+/m0/s1. The largest absolute Gasteiger partial charge is 0.460 e. The van der Waals surface area contributed by atoms with Crippen molar-refractivity contribution < 1.29 is 139 Å². The van der Waals surface area contributed by atoms with E-state index in [9.17, 15) is 91.6 Å². The molecular formula is C48H79O28+. The first-order valence-corrected chi connectivity index (χ1v) is 26.3. The van der Waals surface area contributed by atoms with E-state index in [1.165, 1.54) is 13.0 Å². The van der Waals surface area contributed by atoms with Crippen molar-refractivity contribution in [1.82, 2.24) is 0 Å². The van der Waals surface area contributed by atoms with Crippen molar-refractivity contribution in [3.8, 4) is 0 Å². The van der Waals surface area contributed by atoms with Gasteiger partial charge in [0.2, 0.25) is 0 Å². The molecule has 3 saturated carbocycles. The van der Waals surface area contributed by atoms with Gasteiger partial charge in [-0.2, -0.15) is 0 Å². The van der Waals surface area contributed by atoms with Gasteiger partial charge in [0, 0.05) is 24.8 Å². The highest BCUT2D eigenvalue weighted by Crippen LogP contribution is 2.44. The molecule has 8 fully saturated rings. The lowest BCUT2D eigenvalue weighted by atomic mass is 9.72. The van der Waals surface area contributed by atoms with E-state index in [0.29, 0.717) is 25.7 Å². The first-order chi connectivity index (χ1) is 36.0. The Kier molecular flexibility index (Phi) is 20.6. The predicted octanol–water partition coefficient (Wildman–Crippen LogP) is -8.38. The number of fused-ring (bicyclic) bond motifs is 1. The summed E-state index contributed by atoms with van der Waals surface area (Å²) in [6.45, 7) is -0.507. The SMILES string of the molecule is C[C@@H]1O[C@@H](OC[C@H]2O[C@@H](OC3CC4C(O)CC(O[C@@H]5O[C@H](CO)[C@@H](O)[C@H](O)[C@H]5O)CC4[OH+]C3C3CC(O)C(O)C(O[C@@H]4O[C@H](COC(=O)C=CC5CCC(O)CC5)[C@@H](O)[C@H](O)[C@H]4O)C3)[C@H](O)[C@@H](O)[C@@H]2O)[C@H](O)[C@H](O)[C@H]1O. The van der Waals surface area contributed by atoms with Crippen molar-refractivity contribution in [2.75, 3.05) is 19.8 Å². The minimum Gasteiger partial charge on any atom is -0.460 e. The fourth-order valence-corrected chi connectivity index (χ4v) is 11.9. The van der Waals surface area contributed by atoms with Crippen LogP contribution in [0.25, 0.3) is 0 Å². The second-order valence-electron chi connectivity index (χ2n) is 21.8. The van der Waals surface area contributed by atoms with Crippen molar-refractivity contribution >= 4 is 5.97 Å². The van der Waals surface area contributed by atoms with E-state index in [1.807, 2.05) is 0 Å². The van der Waals surface area contributed by atoms with Gasteiger partial charge in [-0.3, -0.25) is 0 Å². The van der Waals surface area contributed by atoms with Crippen LogP contribution in [0.1, 0.15) is 64.7 Å². The number of esters is 1. The minimum atomic E-state index is -1.93. The maximum Gasteiger partial charge on any atom is 0.330 e. The van der Waals surface area contributed by atoms with E-state index in [4.69, 9.17) is 47.4 Å². The van der Waals surface area contributed by atoms with Crippen LogP contribution in [0.3, 0.4) is 0 Å². The average Bonchev–Trinajstić information content (AvgIpc) is 3.41. The molecule has 0 aromatic rings. The Morgan fingerprint density at radius 2 is 1.07 bits per heavy atom. The molecule has 438 valence electrons. The number of ether oxygens (including phenoxy) is 10. The predicted molar refractivity (Wildman–Crippen MR) is 246 cm³/mol. The number of aliphatic hydroxyl groups excluding tert-OH is 17. The quantitative estimate of drug-likeness (QED) is 0.0411. The maximum absolute atomic E-state index is 12.7. The Morgan fingerprint density at radius 3 is 1.68 bits per heavy atom. The van der Waals surface area contributed by atoms with Gasteiger partial charge in [0.1, 0.15) is 110 Å². The smallest absolute Gasteiger partial charge is 0.330 e. The molecule has 0 bridgehead atoms. The number of hydrogen-bond donors (Lipinski definition) is 17. The Hall–Kier alpha value is -1.83. The Morgan fingerprint density at radius 1 is 0.526 bits per heavy atom. The molecule has 5 saturated heterocycles. The Bertz CT molecular complexity index is 1860. The summed E-state index contributed by atoms with van der Waals surface area (Å²) in [6, 6.07) is 0. The molecule has 3 aliphatic carbocycles. The summed E-state index contributed by atoms with van der Waals surface area (Å²) in [7, 11) is 0. The summed E-state index contributed by atoms with van der Waals surface area (Å²) in [6.07, 6.45) is -38.3. The molecule has 28 heteroatoms. The zero-order valence-corrected chi connectivity index (χ0v) is 41.7. The molecule has 0 radical (unpaired) electrons. The normalized spacial score (nSPS) is 52.5. The highest BCUT2D eigenvalue weighted by Gasteiger charge is 2.58. The first-order valence-electron chi connectivity index (χ1n) is 26.3. The zero-order chi connectivity index (χ0) is 55.0. The molecule has 18 N–H and O–H groups in total.